The number of sulfonamides is 1. The molecule has 0 spiro atoms. The average Bonchev–Trinajstić information content (AvgIpc) is 3.35. The minimum absolute atomic E-state index is 0.0364. The van der Waals surface area contributed by atoms with Gasteiger partial charge in [0.1, 0.15) is 0 Å². The van der Waals surface area contributed by atoms with Crippen molar-refractivity contribution in [2.75, 3.05) is 13.1 Å². The van der Waals surface area contributed by atoms with E-state index in [2.05, 4.69) is 10.3 Å². The fourth-order valence-corrected chi connectivity index (χ4v) is 6.03. The summed E-state index contributed by atoms with van der Waals surface area (Å²) in [6.07, 6.45) is 2.99. The molecular formula is C21H21Cl3N4O2S. The predicted molar refractivity (Wildman–Crippen MR) is 123 cm³/mol. The minimum atomic E-state index is -3.73. The largest absolute Gasteiger partial charge is 0.339 e. The third-order valence-corrected chi connectivity index (χ3v) is 8.09. The first kappa shape index (κ1) is 22.6. The summed E-state index contributed by atoms with van der Waals surface area (Å²) in [6, 6.07) is 12.7. The summed E-state index contributed by atoms with van der Waals surface area (Å²) in [5.41, 5.74) is 1.79. The number of imidazole rings is 1. The lowest BCUT2D eigenvalue weighted by molar-refractivity contribution is 0.454. The zero-order valence-electron chi connectivity index (χ0n) is 16.7. The first-order chi connectivity index (χ1) is 14.8. The number of aryl methyl sites for hydroxylation is 1. The van der Waals surface area contributed by atoms with E-state index in [0.29, 0.717) is 34.7 Å². The molecule has 0 radical (unpaired) electrons. The maximum Gasteiger partial charge on any atom is 0.262 e. The fourth-order valence-electron chi connectivity index (χ4n) is 3.82. The number of benzene rings is 2. The number of aromatic nitrogens is 2. The Morgan fingerprint density at radius 1 is 1.10 bits per heavy atom. The van der Waals surface area contributed by atoms with Crippen molar-refractivity contribution in [2.45, 2.75) is 23.5 Å². The number of hydrogen-bond acceptors (Lipinski definition) is 4. The van der Waals surface area contributed by atoms with Gasteiger partial charge in [-0.3, -0.25) is 0 Å². The van der Waals surface area contributed by atoms with Gasteiger partial charge in [-0.25, -0.2) is 13.4 Å². The Bertz CT molecular complexity index is 1200. The van der Waals surface area contributed by atoms with Crippen molar-refractivity contribution in [3.8, 4) is 0 Å². The molecule has 2 heterocycles. The van der Waals surface area contributed by atoms with E-state index in [0.717, 1.165) is 11.1 Å². The minimum Gasteiger partial charge on any atom is -0.339 e. The van der Waals surface area contributed by atoms with Gasteiger partial charge in [-0.2, -0.15) is 4.31 Å². The third kappa shape index (κ3) is 4.77. The molecule has 2 unspecified atom stereocenters. The second-order valence-electron chi connectivity index (χ2n) is 7.55. The van der Waals surface area contributed by atoms with E-state index in [4.69, 9.17) is 34.8 Å². The van der Waals surface area contributed by atoms with Gasteiger partial charge >= 0.3 is 0 Å². The van der Waals surface area contributed by atoms with Crippen molar-refractivity contribution in [2.24, 2.45) is 7.05 Å². The average molecular weight is 500 g/mol. The number of rotatable bonds is 6. The summed E-state index contributed by atoms with van der Waals surface area (Å²) in [5, 5.41) is 5.25. The van der Waals surface area contributed by atoms with Gasteiger partial charge in [-0.15, -0.1) is 0 Å². The molecule has 1 fully saturated rings. The lowest BCUT2D eigenvalue weighted by atomic mass is 9.94. The van der Waals surface area contributed by atoms with Crippen LogP contribution >= 0.6 is 34.8 Å². The van der Waals surface area contributed by atoms with Crippen molar-refractivity contribution in [1.82, 2.24) is 19.2 Å². The van der Waals surface area contributed by atoms with Gasteiger partial charge in [-0.1, -0.05) is 59.1 Å². The lowest BCUT2D eigenvalue weighted by Crippen LogP contribution is -2.36. The quantitative estimate of drug-likeness (QED) is 0.548. The van der Waals surface area contributed by atoms with Crippen LogP contribution in [0.1, 0.15) is 17.0 Å². The van der Waals surface area contributed by atoms with E-state index in [1.165, 1.54) is 16.8 Å². The number of halogens is 3. The molecule has 0 aliphatic carbocycles. The normalized spacial score (nSPS) is 19.7. The third-order valence-electron chi connectivity index (χ3n) is 5.45. The summed E-state index contributed by atoms with van der Waals surface area (Å²) in [5.74, 6) is -0.127. The highest BCUT2D eigenvalue weighted by molar-refractivity contribution is 7.89. The molecule has 2 aromatic carbocycles. The second kappa shape index (κ2) is 9.10. The van der Waals surface area contributed by atoms with E-state index in [1.807, 2.05) is 30.3 Å². The van der Waals surface area contributed by atoms with Crippen LogP contribution in [0.5, 0.6) is 0 Å². The van der Waals surface area contributed by atoms with Crippen molar-refractivity contribution in [3.05, 3.63) is 81.2 Å². The predicted octanol–water partition coefficient (Wildman–Crippen LogP) is 4.33. The molecule has 4 rings (SSSR count). The van der Waals surface area contributed by atoms with Crippen LogP contribution in [-0.2, 0) is 23.6 Å². The van der Waals surface area contributed by atoms with Crippen LogP contribution in [0.3, 0.4) is 0 Å². The lowest BCUT2D eigenvalue weighted by Gasteiger charge is -2.21. The Labute approximate surface area is 196 Å². The van der Waals surface area contributed by atoms with E-state index >= 15 is 0 Å². The Balaban J connectivity index is 1.61. The van der Waals surface area contributed by atoms with Gasteiger partial charge in [-0.05, 0) is 29.3 Å². The molecule has 0 bridgehead atoms. The first-order valence-electron chi connectivity index (χ1n) is 9.65. The van der Waals surface area contributed by atoms with Crippen LogP contribution in [0.4, 0.5) is 0 Å². The van der Waals surface area contributed by atoms with Crippen LogP contribution in [0, 0.1) is 0 Å². The van der Waals surface area contributed by atoms with Crippen LogP contribution in [0.2, 0.25) is 15.1 Å². The number of hydrogen-bond donors (Lipinski definition) is 1. The molecule has 6 nitrogen and oxygen atoms in total. The van der Waals surface area contributed by atoms with Crippen LogP contribution in [-0.4, -0.2) is 41.4 Å². The molecule has 1 aliphatic rings. The molecule has 10 heteroatoms. The highest BCUT2D eigenvalue weighted by atomic mass is 35.5. The Morgan fingerprint density at radius 3 is 2.55 bits per heavy atom. The first-order valence-corrected chi connectivity index (χ1v) is 12.2. The number of nitrogens with one attached hydrogen (secondary N) is 1. The molecule has 0 saturated carbocycles. The molecule has 1 aliphatic heterocycles. The topological polar surface area (TPSA) is 67.2 Å². The van der Waals surface area contributed by atoms with Crippen LogP contribution < -0.4 is 5.32 Å². The number of nitrogens with zero attached hydrogens (tertiary/aromatic N) is 3. The van der Waals surface area contributed by atoms with Crippen molar-refractivity contribution >= 4 is 44.8 Å². The zero-order chi connectivity index (χ0) is 22.2. The van der Waals surface area contributed by atoms with Crippen molar-refractivity contribution < 1.29 is 8.42 Å². The fraction of sp³-hybridized carbons (Fsp3) is 0.286. The summed E-state index contributed by atoms with van der Waals surface area (Å²) < 4.78 is 29.4. The maximum absolute atomic E-state index is 13.2. The second-order valence-corrected chi connectivity index (χ2v) is 10.7. The van der Waals surface area contributed by atoms with Gasteiger partial charge < -0.3 is 9.88 Å². The Morgan fingerprint density at radius 2 is 1.87 bits per heavy atom. The zero-order valence-corrected chi connectivity index (χ0v) is 19.8. The summed E-state index contributed by atoms with van der Waals surface area (Å²) in [6.45, 7) is 1.06. The Hall–Kier alpha value is -1.61. The van der Waals surface area contributed by atoms with Crippen LogP contribution in [0.15, 0.2) is 60.0 Å². The molecular weight excluding hydrogens is 479 g/mol. The highest BCUT2D eigenvalue weighted by Crippen LogP contribution is 2.35. The van der Waals surface area contributed by atoms with Crippen molar-refractivity contribution in [1.29, 1.82) is 0 Å². The smallest absolute Gasteiger partial charge is 0.262 e. The van der Waals surface area contributed by atoms with Gasteiger partial charge in [0.15, 0.2) is 5.03 Å². The highest BCUT2D eigenvalue weighted by Gasteiger charge is 2.41. The monoisotopic (exact) mass is 498 g/mol. The van der Waals surface area contributed by atoms with E-state index in [9.17, 15) is 8.42 Å². The van der Waals surface area contributed by atoms with E-state index in [1.54, 1.807) is 23.7 Å². The van der Waals surface area contributed by atoms with Gasteiger partial charge in [0.25, 0.3) is 10.0 Å². The standard InChI is InChI=1S/C21H21Cl3N4O2S/c1-27-12-21(26-13-27)31(29,30)28-10-17(16-4-2-3-5-18(16)23)20(11-28)25-9-14-6-7-15(22)8-19(14)24/h2-8,12-13,17,20,25H,9-11H2,1H3. The van der Waals surface area contributed by atoms with E-state index in [-0.39, 0.29) is 17.0 Å². The summed E-state index contributed by atoms with van der Waals surface area (Å²) in [7, 11) is -1.99. The van der Waals surface area contributed by atoms with Gasteiger partial charge in [0, 0.05) is 59.9 Å². The summed E-state index contributed by atoms with van der Waals surface area (Å²) >= 11 is 18.8. The molecule has 1 N–H and O–H groups in total. The van der Waals surface area contributed by atoms with E-state index < -0.39 is 10.0 Å². The maximum atomic E-state index is 13.2. The van der Waals surface area contributed by atoms with Crippen molar-refractivity contribution in [3.63, 3.8) is 0 Å². The van der Waals surface area contributed by atoms with Gasteiger partial charge in [0.05, 0.1) is 6.33 Å². The molecule has 1 aromatic heterocycles. The van der Waals surface area contributed by atoms with Crippen LogP contribution in [0.25, 0.3) is 0 Å². The van der Waals surface area contributed by atoms with Gasteiger partial charge in [0.2, 0.25) is 0 Å². The molecule has 1 saturated heterocycles. The summed E-state index contributed by atoms with van der Waals surface area (Å²) in [4.78, 5) is 4.04. The SMILES string of the molecule is Cn1cnc(S(=O)(=O)N2CC(NCc3ccc(Cl)cc3Cl)C(c3ccccc3Cl)C2)c1. The molecule has 0 amide bonds. The molecule has 2 atom stereocenters. The molecule has 164 valence electrons. The molecule has 3 aromatic rings. The Kier molecular flexibility index (Phi) is 6.62. The molecule has 31 heavy (non-hydrogen) atoms.